The van der Waals surface area contributed by atoms with Gasteiger partial charge in [0.25, 0.3) is 0 Å². The number of piperidine rings is 1. The van der Waals surface area contributed by atoms with Gasteiger partial charge in [-0.25, -0.2) is 9.59 Å². The Morgan fingerprint density at radius 3 is 2.91 bits per heavy atom. The fraction of sp³-hybridized carbons (Fsp3) is 0.500. The van der Waals surface area contributed by atoms with E-state index in [9.17, 15) is 9.59 Å². The number of ether oxygens (including phenoxy) is 1. The average molecular weight is 306 g/mol. The lowest BCUT2D eigenvalue weighted by Crippen LogP contribution is -2.52. The molecule has 6 nitrogen and oxygen atoms in total. The molecule has 0 radical (unpaired) electrons. The third-order valence-electron chi connectivity index (χ3n) is 4.06. The molecule has 1 fully saturated rings. The number of nitrogens with one attached hydrogen (secondary N) is 1. The van der Waals surface area contributed by atoms with Crippen LogP contribution in [-0.4, -0.2) is 47.8 Å². The molecule has 1 saturated heterocycles. The van der Waals surface area contributed by atoms with Crippen LogP contribution < -0.4 is 5.32 Å². The minimum absolute atomic E-state index is 0.149. The number of aromatic carboxylic acids is 1. The molecule has 1 heterocycles. The van der Waals surface area contributed by atoms with E-state index < -0.39 is 5.97 Å². The Labute approximate surface area is 130 Å². The fourth-order valence-electron chi connectivity index (χ4n) is 2.65. The third-order valence-corrected chi connectivity index (χ3v) is 4.06. The average Bonchev–Trinajstić information content (AvgIpc) is 2.53. The Hall–Kier alpha value is -2.08. The number of hydrogen-bond acceptors (Lipinski definition) is 3. The molecular formula is C16H22N2O4. The monoisotopic (exact) mass is 306 g/mol. The van der Waals surface area contributed by atoms with E-state index >= 15 is 0 Å². The van der Waals surface area contributed by atoms with Crippen molar-refractivity contribution in [3.63, 3.8) is 0 Å². The van der Waals surface area contributed by atoms with Crippen molar-refractivity contribution in [1.29, 1.82) is 0 Å². The molecule has 120 valence electrons. The zero-order valence-electron chi connectivity index (χ0n) is 13.0. The van der Waals surface area contributed by atoms with Crippen LogP contribution >= 0.6 is 0 Å². The summed E-state index contributed by atoms with van der Waals surface area (Å²) in [5.41, 5.74) is 0.690. The number of urea groups is 1. The first-order valence-corrected chi connectivity index (χ1v) is 7.34. The number of carboxylic acid groups (broad SMARTS) is 1. The quantitative estimate of drug-likeness (QED) is 0.893. The van der Waals surface area contributed by atoms with Crippen LogP contribution in [0.3, 0.4) is 0 Å². The molecule has 2 N–H and O–H groups in total. The predicted octanol–water partition coefficient (Wildman–Crippen LogP) is 2.10. The van der Waals surface area contributed by atoms with Crippen molar-refractivity contribution in [2.45, 2.75) is 31.9 Å². The largest absolute Gasteiger partial charge is 0.478 e. The number of likely N-dealkylation sites (tertiary alicyclic amines) is 1. The summed E-state index contributed by atoms with van der Waals surface area (Å²) in [4.78, 5) is 24.9. The maximum Gasteiger partial charge on any atom is 0.335 e. The van der Waals surface area contributed by atoms with Crippen LogP contribution in [0.25, 0.3) is 0 Å². The van der Waals surface area contributed by atoms with Gasteiger partial charge >= 0.3 is 12.0 Å². The van der Waals surface area contributed by atoms with Crippen molar-refractivity contribution >= 4 is 12.0 Å². The first-order valence-electron chi connectivity index (χ1n) is 7.34. The lowest BCUT2D eigenvalue weighted by molar-refractivity contribution is -0.0401. The molecule has 0 spiro atoms. The number of methoxy groups -OCH3 is 1. The number of rotatable bonds is 4. The summed E-state index contributed by atoms with van der Waals surface area (Å²) in [7, 11) is 1.67. The summed E-state index contributed by atoms with van der Waals surface area (Å²) in [6.45, 7) is 3.58. The van der Waals surface area contributed by atoms with Gasteiger partial charge in [0.15, 0.2) is 0 Å². The maximum atomic E-state index is 12.2. The Morgan fingerprint density at radius 2 is 2.23 bits per heavy atom. The van der Waals surface area contributed by atoms with Gasteiger partial charge in [0.05, 0.1) is 17.7 Å². The van der Waals surface area contributed by atoms with Crippen molar-refractivity contribution in [1.82, 2.24) is 10.2 Å². The van der Waals surface area contributed by atoms with E-state index in [4.69, 9.17) is 9.84 Å². The molecule has 2 amide bonds. The molecule has 1 atom stereocenters. The first-order chi connectivity index (χ1) is 10.4. The number of amides is 2. The summed E-state index contributed by atoms with van der Waals surface area (Å²) >= 11 is 0. The topological polar surface area (TPSA) is 78.9 Å². The second-order valence-electron chi connectivity index (χ2n) is 5.84. The van der Waals surface area contributed by atoms with Gasteiger partial charge in [-0.1, -0.05) is 12.1 Å². The third kappa shape index (κ3) is 3.98. The molecule has 1 aromatic rings. The van der Waals surface area contributed by atoms with E-state index in [-0.39, 0.29) is 17.2 Å². The van der Waals surface area contributed by atoms with Gasteiger partial charge in [-0.2, -0.15) is 0 Å². The van der Waals surface area contributed by atoms with Crippen molar-refractivity contribution in [2.75, 3.05) is 20.2 Å². The molecule has 6 heteroatoms. The standard InChI is InChI=1S/C16H22N2O4/c1-16(22-2)7-4-8-18(11-16)15(21)17-10-12-5-3-6-13(9-12)14(19)20/h3,5-6,9H,4,7-8,10-11H2,1-2H3,(H,17,21)(H,19,20). The van der Waals surface area contributed by atoms with E-state index in [2.05, 4.69) is 5.32 Å². The molecule has 2 rings (SSSR count). The van der Waals surface area contributed by atoms with E-state index in [0.717, 1.165) is 18.4 Å². The number of carboxylic acids is 1. The highest BCUT2D eigenvalue weighted by Crippen LogP contribution is 2.23. The normalized spacial score (nSPS) is 21.5. The highest BCUT2D eigenvalue weighted by molar-refractivity contribution is 5.87. The summed E-state index contributed by atoms with van der Waals surface area (Å²) < 4.78 is 5.48. The van der Waals surface area contributed by atoms with Gasteiger partial charge in [0, 0.05) is 20.2 Å². The molecule has 1 unspecified atom stereocenters. The number of benzene rings is 1. The molecule has 22 heavy (non-hydrogen) atoms. The van der Waals surface area contributed by atoms with Crippen LogP contribution in [0.15, 0.2) is 24.3 Å². The van der Waals surface area contributed by atoms with Crippen molar-refractivity contribution in [3.8, 4) is 0 Å². The zero-order chi connectivity index (χ0) is 16.2. The van der Waals surface area contributed by atoms with E-state index in [0.29, 0.717) is 19.6 Å². The predicted molar refractivity (Wildman–Crippen MR) is 81.9 cm³/mol. The van der Waals surface area contributed by atoms with E-state index in [1.54, 1.807) is 30.2 Å². The SMILES string of the molecule is COC1(C)CCCN(C(=O)NCc2cccc(C(=O)O)c2)C1. The molecule has 0 bridgehead atoms. The molecule has 0 aromatic heterocycles. The molecular weight excluding hydrogens is 284 g/mol. The van der Waals surface area contributed by atoms with Crippen LogP contribution in [0.5, 0.6) is 0 Å². The van der Waals surface area contributed by atoms with Gasteiger partial charge in [0.2, 0.25) is 0 Å². The molecule has 1 aliphatic heterocycles. The van der Waals surface area contributed by atoms with Gasteiger partial charge in [-0.3, -0.25) is 0 Å². The summed E-state index contributed by atoms with van der Waals surface area (Å²) in [5.74, 6) is -0.972. The minimum atomic E-state index is -0.972. The van der Waals surface area contributed by atoms with Crippen LogP contribution in [0, 0.1) is 0 Å². The van der Waals surface area contributed by atoms with Crippen molar-refractivity contribution in [3.05, 3.63) is 35.4 Å². The lowest BCUT2D eigenvalue weighted by atomic mass is 9.95. The Kier molecular flexibility index (Phi) is 5.03. The van der Waals surface area contributed by atoms with E-state index in [1.165, 1.54) is 6.07 Å². The van der Waals surface area contributed by atoms with Gasteiger partial charge in [-0.05, 0) is 37.5 Å². The lowest BCUT2D eigenvalue weighted by Gasteiger charge is -2.39. The highest BCUT2D eigenvalue weighted by Gasteiger charge is 2.32. The van der Waals surface area contributed by atoms with E-state index in [1.807, 2.05) is 6.92 Å². The summed E-state index contributed by atoms with van der Waals surface area (Å²) in [6.07, 6.45) is 1.85. The number of hydrogen-bond donors (Lipinski definition) is 2. The van der Waals surface area contributed by atoms with Gasteiger partial charge in [-0.15, -0.1) is 0 Å². The van der Waals surface area contributed by atoms with Gasteiger partial charge < -0.3 is 20.1 Å². The number of carbonyl (C=O) groups excluding carboxylic acids is 1. The number of nitrogens with zero attached hydrogens (tertiary/aromatic N) is 1. The van der Waals surface area contributed by atoms with Gasteiger partial charge in [0.1, 0.15) is 0 Å². The fourth-order valence-corrected chi connectivity index (χ4v) is 2.65. The molecule has 1 aliphatic rings. The smallest absolute Gasteiger partial charge is 0.335 e. The van der Waals surface area contributed by atoms with Crippen LogP contribution in [0.4, 0.5) is 4.79 Å². The van der Waals surface area contributed by atoms with Crippen molar-refractivity contribution < 1.29 is 19.4 Å². The van der Waals surface area contributed by atoms with Crippen molar-refractivity contribution in [2.24, 2.45) is 0 Å². The Morgan fingerprint density at radius 1 is 1.45 bits per heavy atom. The second-order valence-corrected chi connectivity index (χ2v) is 5.84. The maximum absolute atomic E-state index is 12.2. The molecule has 0 aliphatic carbocycles. The second kappa shape index (κ2) is 6.79. The molecule has 0 saturated carbocycles. The zero-order valence-corrected chi connectivity index (χ0v) is 13.0. The highest BCUT2D eigenvalue weighted by atomic mass is 16.5. The van der Waals surface area contributed by atoms with Crippen LogP contribution in [0.1, 0.15) is 35.7 Å². The first kappa shape index (κ1) is 16.3. The Bertz CT molecular complexity index is 561. The Balaban J connectivity index is 1.92. The van der Waals surface area contributed by atoms with Crippen LogP contribution in [0.2, 0.25) is 0 Å². The number of carbonyl (C=O) groups is 2. The minimum Gasteiger partial charge on any atom is -0.478 e. The molecule has 1 aromatic carbocycles. The summed E-state index contributed by atoms with van der Waals surface area (Å²) in [6, 6.07) is 6.42. The summed E-state index contributed by atoms with van der Waals surface area (Å²) in [5, 5.41) is 11.8. The van der Waals surface area contributed by atoms with Crippen LogP contribution in [-0.2, 0) is 11.3 Å².